The van der Waals surface area contributed by atoms with Crippen LogP contribution in [0.15, 0.2) is 24.3 Å². The highest BCUT2D eigenvalue weighted by Gasteiger charge is 2.32. The van der Waals surface area contributed by atoms with E-state index in [-0.39, 0.29) is 11.3 Å². The Balaban J connectivity index is 2.13. The summed E-state index contributed by atoms with van der Waals surface area (Å²) in [5, 5.41) is 0.894. The SMILES string of the molecule is CSCCN1C(=O)CSC1c1ccc(Cl)cc1. The number of hydrogen-bond acceptors (Lipinski definition) is 3. The molecular weight excluding hydrogens is 274 g/mol. The van der Waals surface area contributed by atoms with E-state index >= 15 is 0 Å². The highest BCUT2D eigenvalue weighted by molar-refractivity contribution is 8.00. The quantitative estimate of drug-likeness (QED) is 0.848. The normalized spacial score (nSPS) is 20.0. The van der Waals surface area contributed by atoms with Gasteiger partial charge in [-0.05, 0) is 24.0 Å². The molecule has 1 aliphatic rings. The van der Waals surface area contributed by atoms with Crippen molar-refractivity contribution in [2.45, 2.75) is 5.37 Å². The fraction of sp³-hybridized carbons (Fsp3) is 0.417. The highest BCUT2D eigenvalue weighted by atomic mass is 35.5. The van der Waals surface area contributed by atoms with Gasteiger partial charge in [-0.1, -0.05) is 23.7 Å². The summed E-state index contributed by atoms with van der Waals surface area (Å²) >= 11 is 9.33. The Morgan fingerprint density at radius 1 is 1.47 bits per heavy atom. The van der Waals surface area contributed by atoms with Crippen molar-refractivity contribution in [2.75, 3.05) is 24.3 Å². The lowest BCUT2D eigenvalue weighted by molar-refractivity contribution is -0.127. The number of thioether (sulfide) groups is 2. The molecule has 0 bridgehead atoms. The van der Waals surface area contributed by atoms with Crippen molar-refractivity contribution in [3.05, 3.63) is 34.9 Å². The van der Waals surface area contributed by atoms with Crippen LogP contribution in [0.2, 0.25) is 5.02 Å². The topological polar surface area (TPSA) is 20.3 Å². The standard InChI is InChI=1S/C12H14ClNOS2/c1-16-7-6-14-11(15)8-17-12(14)9-2-4-10(13)5-3-9/h2-5,12H,6-8H2,1H3. The Hall–Kier alpha value is -0.320. The van der Waals surface area contributed by atoms with Crippen LogP contribution < -0.4 is 0 Å². The summed E-state index contributed by atoms with van der Waals surface area (Å²) in [5.74, 6) is 1.81. The van der Waals surface area contributed by atoms with Gasteiger partial charge in [-0.15, -0.1) is 11.8 Å². The Kier molecular flexibility index (Phi) is 4.65. The molecule has 0 saturated carbocycles. The van der Waals surface area contributed by atoms with Gasteiger partial charge < -0.3 is 4.90 Å². The van der Waals surface area contributed by atoms with Crippen LogP contribution in [-0.4, -0.2) is 35.1 Å². The van der Waals surface area contributed by atoms with Crippen LogP contribution in [-0.2, 0) is 4.79 Å². The molecule has 1 unspecified atom stereocenters. The van der Waals surface area contributed by atoms with E-state index < -0.39 is 0 Å². The average molecular weight is 288 g/mol. The van der Waals surface area contributed by atoms with Gasteiger partial charge in [0.1, 0.15) is 5.37 Å². The fourth-order valence-corrected chi connectivity index (χ4v) is 3.51. The van der Waals surface area contributed by atoms with Crippen molar-refractivity contribution < 1.29 is 4.79 Å². The molecule has 1 amide bonds. The van der Waals surface area contributed by atoms with E-state index in [2.05, 4.69) is 6.26 Å². The summed E-state index contributed by atoms with van der Waals surface area (Å²) in [6.07, 6.45) is 2.06. The molecule has 1 fully saturated rings. The second-order valence-electron chi connectivity index (χ2n) is 3.79. The van der Waals surface area contributed by atoms with Gasteiger partial charge >= 0.3 is 0 Å². The number of nitrogens with zero attached hydrogens (tertiary/aromatic N) is 1. The maximum Gasteiger partial charge on any atom is 0.233 e. The summed E-state index contributed by atoms with van der Waals surface area (Å²) < 4.78 is 0. The monoisotopic (exact) mass is 287 g/mol. The van der Waals surface area contributed by atoms with Gasteiger partial charge in [0, 0.05) is 17.3 Å². The summed E-state index contributed by atoms with van der Waals surface area (Å²) in [4.78, 5) is 13.8. The van der Waals surface area contributed by atoms with Gasteiger partial charge in [-0.3, -0.25) is 4.79 Å². The van der Waals surface area contributed by atoms with Crippen molar-refractivity contribution in [1.29, 1.82) is 0 Å². The second-order valence-corrected chi connectivity index (χ2v) is 6.29. The van der Waals surface area contributed by atoms with Crippen LogP contribution in [0.4, 0.5) is 0 Å². The van der Waals surface area contributed by atoms with Crippen LogP contribution in [0.25, 0.3) is 0 Å². The number of hydrogen-bond donors (Lipinski definition) is 0. The zero-order valence-corrected chi connectivity index (χ0v) is 11.9. The number of carbonyl (C=O) groups is 1. The first-order valence-corrected chi connectivity index (χ1v) is 8.20. The molecule has 1 aromatic carbocycles. The van der Waals surface area contributed by atoms with E-state index in [1.165, 1.54) is 0 Å². The third kappa shape index (κ3) is 3.12. The second kappa shape index (κ2) is 6.03. The third-order valence-electron chi connectivity index (χ3n) is 2.66. The summed E-state index contributed by atoms with van der Waals surface area (Å²) in [7, 11) is 0. The van der Waals surface area contributed by atoms with Crippen molar-refractivity contribution >= 4 is 41.0 Å². The predicted octanol–water partition coefficient (Wildman–Crippen LogP) is 3.28. The third-order valence-corrected chi connectivity index (χ3v) is 4.76. The largest absolute Gasteiger partial charge is 0.325 e. The summed E-state index contributed by atoms with van der Waals surface area (Å²) in [5.41, 5.74) is 1.16. The van der Waals surface area contributed by atoms with Crippen molar-refractivity contribution in [1.82, 2.24) is 4.90 Å². The van der Waals surface area contributed by atoms with Gasteiger partial charge in [-0.2, -0.15) is 11.8 Å². The molecule has 1 heterocycles. The van der Waals surface area contributed by atoms with Gasteiger partial charge in [-0.25, -0.2) is 0 Å². The van der Waals surface area contributed by atoms with Gasteiger partial charge in [0.05, 0.1) is 5.75 Å². The first kappa shape index (κ1) is 13.1. The number of rotatable bonds is 4. The van der Waals surface area contributed by atoms with E-state index in [1.54, 1.807) is 23.5 Å². The first-order valence-electron chi connectivity index (χ1n) is 5.38. The molecular formula is C12H14ClNOS2. The first-order chi connectivity index (χ1) is 8.22. The lowest BCUT2D eigenvalue weighted by atomic mass is 10.2. The highest BCUT2D eigenvalue weighted by Crippen LogP contribution is 2.38. The molecule has 1 aliphatic heterocycles. The molecule has 2 nitrogen and oxygen atoms in total. The van der Waals surface area contributed by atoms with E-state index in [0.717, 1.165) is 22.9 Å². The van der Waals surface area contributed by atoms with E-state index in [1.807, 2.05) is 29.2 Å². The average Bonchev–Trinajstić information content (AvgIpc) is 2.69. The minimum atomic E-state index is 0.159. The molecule has 2 rings (SSSR count). The van der Waals surface area contributed by atoms with Crippen LogP contribution in [0.3, 0.4) is 0 Å². The van der Waals surface area contributed by atoms with Crippen LogP contribution >= 0.6 is 35.1 Å². The molecule has 17 heavy (non-hydrogen) atoms. The van der Waals surface area contributed by atoms with Crippen molar-refractivity contribution in [3.8, 4) is 0 Å². The molecule has 0 N–H and O–H groups in total. The van der Waals surface area contributed by atoms with Gasteiger partial charge in [0.2, 0.25) is 5.91 Å². The van der Waals surface area contributed by atoms with E-state index in [4.69, 9.17) is 11.6 Å². The number of halogens is 1. The molecule has 0 spiro atoms. The fourth-order valence-electron chi connectivity index (χ4n) is 1.79. The minimum absolute atomic E-state index is 0.159. The number of amides is 1. The maximum atomic E-state index is 11.8. The van der Waals surface area contributed by atoms with Crippen LogP contribution in [0, 0.1) is 0 Å². The van der Waals surface area contributed by atoms with E-state index in [0.29, 0.717) is 5.75 Å². The molecule has 0 radical (unpaired) electrons. The molecule has 0 aromatic heterocycles. The Bertz CT molecular complexity index is 396. The molecule has 1 aromatic rings. The van der Waals surface area contributed by atoms with E-state index in [9.17, 15) is 4.79 Å². The zero-order valence-electron chi connectivity index (χ0n) is 9.56. The predicted molar refractivity (Wildman–Crippen MR) is 76.7 cm³/mol. The minimum Gasteiger partial charge on any atom is -0.325 e. The lowest BCUT2D eigenvalue weighted by Gasteiger charge is -2.23. The molecule has 1 saturated heterocycles. The number of benzene rings is 1. The van der Waals surface area contributed by atoms with Crippen LogP contribution in [0.5, 0.6) is 0 Å². The van der Waals surface area contributed by atoms with Gasteiger partial charge in [0.15, 0.2) is 0 Å². The van der Waals surface area contributed by atoms with Crippen LogP contribution in [0.1, 0.15) is 10.9 Å². The smallest absolute Gasteiger partial charge is 0.233 e. The lowest BCUT2D eigenvalue weighted by Crippen LogP contribution is -2.30. The summed E-state index contributed by atoms with van der Waals surface area (Å²) in [6, 6.07) is 7.77. The number of carbonyl (C=O) groups excluding carboxylic acids is 1. The Labute approximate surface area is 115 Å². The zero-order chi connectivity index (χ0) is 12.3. The Morgan fingerprint density at radius 3 is 2.82 bits per heavy atom. The van der Waals surface area contributed by atoms with Gasteiger partial charge in [0.25, 0.3) is 0 Å². The van der Waals surface area contributed by atoms with Crippen molar-refractivity contribution in [2.24, 2.45) is 0 Å². The maximum absolute atomic E-state index is 11.8. The van der Waals surface area contributed by atoms with Crippen molar-refractivity contribution in [3.63, 3.8) is 0 Å². The molecule has 1 atom stereocenters. The molecule has 0 aliphatic carbocycles. The summed E-state index contributed by atoms with van der Waals surface area (Å²) in [6.45, 7) is 0.820. The Morgan fingerprint density at radius 2 is 2.18 bits per heavy atom. The molecule has 5 heteroatoms. The molecule has 92 valence electrons.